The maximum absolute atomic E-state index is 5.60. The Labute approximate surface area is 109 Å². The van der Waals surface area contributed by atoms with E-state index in [1.165, 1.54) is 24.0 Å². The molecule has 0 aliphatic heterocycles. The lowest BCUT2D eigenvalue weighted by Gasteiger charge is -2.10. The molecule has 100 valence electrons. The van der Waals surface area contributed by atoms with Crippen molar-refractivity contribution in [2.24, 2.45) is 0 Å². The van der Waals surface area contributed by atoms with E-state index < -0.39 is 0 Å². The van der Waals surface area contributed by atoms with Gasteiger partial charge in [0.2, 0.25) is 0 Å². The summed E-state index contributed by atoms with van der Waals surface area (Å²) < 4.78 is 10.6. The minimum atomic E-state index is 0.658. The van der Waals surface area contributed by atoms with Gasteiger partial charge in [0.25, 0.3) is 0 Å². The molecule has 0 atom stereocenters. The Morgan fingerprint density at radius 2 is 1.94 bits per heavy atom. The first-order chi connectivity index (χ1) is 8.90. The number of hydrogen-bond acceptors (Lipinski definition) is 3. The van der Waals surface area contributed by atoms with Crippen LogP contribution in [0, 0.1) is 0 Å². The molecule has 0 spiro atoms. The topological polar surface area (TPSA) is 30.5 Å². The minimum absolute atomic E-state index is 0.658. The van der Waals surface area contributed by atoms with E-state index in [0.717, 1.165) is 19.0 Å². The molecule has 0 unspecified atom stereocenters. The first-order valence-corrected chi connectivity index (χ1v) is 6.77. The number of nitrogens with one attached hydrogen (secondary N) is 1. The fraction of sp³-hybridized carbons (Fsp3) is 0.600. The monoisotopic (exact) mass is 249 g/mol. The first kappa shape index (κ1) is 13.5. The second kappa shape index (κ2) is 7.52. The minimum Gasteiger partial charge on any atom is -0.382 e. The van der Waals surface area contributed by atoms with E-state index in [0.29, 0.717) is 19.8 Å². The van der Waals surface area contributed by atoms with Crippen molar-refractivity contribution in [1.29, 1.82) is 0 Å². The summed E-state index contributed by atoms with van der Waals surface area (Å²) in [6.07, 6.45) is 3.78. The third-order valence-electron chi connectivity index (χ3n) is 3.21. The summed E-state index contributed by atoms with van der Waals surface area (Å²) in [6.45, 7) is 3.07. The largest absolute Gasteiger partial charge is 0.382 e. The number of ether oxygens (including phenoxy) is 2. The van der Waals surface area contributed by atoms with E-state index in [9.17, 15) is 0 Å². The average Bonchev–Trinajstić information content (AvgIpc) is 3.20. The van der Waals surface area contributed by atoms with Crippen LogP contribution in [0.25, 0.3) is 0 Å². The van der Waals surface area contributed by atoms with Crippen molar-refractivity contribution >= 4 is 0 Å². The van der Waals surface area contributed by atoms with Gasteiger partial charge in [0.1, 0.15) is 0 Å². The Kier molecular flexibility index (Phi) is 5.65. The van der Waals surface area contributed by atoms with Crippen molar-refractivity contribution < 1.29 is 9.47 Å². The summed E-state index contributed by atoms with van der Waals surface area (Å²) in [4.78, 5) is 0. The third-order valence-corrected chi connectivity index (χ3v) is 3.21. The number of methoxy groups -OCH3 is 1. The van der Waals surface area contributed by atoms with Gasteiger partial charge in [0.15, 0.2) is 0 Å². The van der Waals surface area contributed by atoms with Crippen molar-refractivity contribution in [2.45, 2.75) is 31.9 Å². The molecule has 0 saturated heterocycles. The van der Waals surface area contributed by atoms with Gasteiger partial charge >= 0.3 is 0 Å². The van der Waals surface area contributed by atoms with E-state index in [4.69, 9.17) is 9.47 Å². The summed E-state index contributed by atoms with van der Waals surface area (Å²) in [5, 5.41) is 3.55. The standard InChI is InChI=1S/C15H23NO2/c1-17-10-11-18-12-14-5-3-2-4-13(14)8-9-16-15-6-7-15/h2-5,15-16H,6-12H2,1H3. The van der Waals surface area contributed by atoms with Gasteiger partial charge in [-0.2, -0.15) is 0 Å². The molecule has 0 radical (unpaired) electrons. The van der Waals surface area contributed by atoms with Gasteiger partial charge in [0, 0.05) is 13.2 Å². The highest BCUT2D eigenvalue weighted by atomic mass is 16.5. The lowest BCUT2D eigenvalue weighted by atomic mass is 10.1. The van der Waals surface area contributed by atoms with Crippen LogP contribution in [0.3, 0.4) is 0 Å². The van der Waals surface area contributed by atoms with Crippen LogP contribution in [0.15, 0.2) is 24.3 Å². The zero-order valence-electron chi connectivity index (χ0n) is 11.2. The molecule has 18 heavy (non-hydrogen) atoms. The van der Waals surface area contributed by atoms with Crippen LogP contribution in [0.2, 0.25) is 0 Å². The van der Waals surface area contributed by atoms with Gasteiger partial charge in [0.05, 0.1) is 19.8 Å². The van der Waals surface area contributed by atoms with Gasteiger partial charge in [-0.3, -0.25) is 0 Å². The van der Waals surface area contributed by atoms with Crippen LogP contribution < -0.4 is 5.32 Å². The smallest absolute Gasteiger partial charge is 0.0720 e. The molecule has 3 heteroatoms. The molecule has 1 saturated carbocycles. The van der Waals surface area contributed by atoms with Gasteiger partial charge in [-0.25, -0.2) is 0 Å². The predicted molar refractivity (Wildman–Crippen MR) is 72.7 cm³/mol. The molecule has 3 nitrogen and oxygen atoms in total. The number of rotatable bonds is 9. The molecule has 1 aromatic carbocycles. The van der Waals surface area contributed by atoms with Crippen molar-refractivity contribution in [3.05, 3.63) is 35.4 Å². The predicted octanol–water partition coefficient (Wildman–Crippen LogP) is 2.14. The van der Waals surface area contributed by atoms with Crippen molar-refractivity contribution in [1.82, 2.24) is 5.32 Å². The lowest BCUT2D eigenvalue weighted by Crippen LogP contribution is -2.19. The molecule has 0 bridgehead atoms. The fourth-order valence-electron chi connectivity index (χ4n) is 1.96. The Balaban J connectivity index is 1.75. The summed E-state index contributed by atoms with van der Waals surface area (Å²) in [6, 6.07) is 9.32. The highest BCUT2D eigenvalue weighted by Gasteiger charge is 2.19. The normalized spacial score (nSPS) is 14.9. The maximum atomic E-state index is 5.60. The van der Waals surface area contributed by atoms with Crippen LogP contribution in [0.1, 0.15) is 24.0 Å². The average molecular weight is 249 g/mol. The van der Waals surface area contributed by atoms with Gasteiger partial charge in [-0.15, -0.1) is 0 Å². The van der Waals surface area contributed by atoms with Gasteiger partial charge in [-0.05, 0) is 36.9 Å². The van der Waals surface area contributed by atoms with Crippen LogP contribution in [0.5, 0.6) is 0 Å². The van der Waals surface area contributed by atoms with E-state index in [1.807, 2.05) is 0 Å². The molecule has 1 N–H and O–H groups in total. The number of benzene rings is 1. The maximum Gasteiger partial charge on any atom is 0.0720 e. The number of hydrogen-bond donors (Lipinski definition) is 1. The molecule has 1 fully saturated rings. The van der Waals surface area contributed by atoms with Crippen molar-refractivity contribution in [3.8, 4) is 0 Å². The molecule has 1 aromatic rings. The zero-order valence-corrected chi connectivity index (χ0v) is 11.2. The second-order valence-electron chi connectivity index (χ2n) is 4.79. The van der Waals surface area contributed by atoms with Crippen molar-refractivity contribution in [3.63, 3.8) is 0 Å². The first-order valence-electron chi connectivity index (χ1n) is 6.77. The second-order valence-corrected chi connectivity index (χ2v) is 4.79. The van der Waals surface area contributed by atoms with Gasteiger partial charge in [-0.1, -0.05) is 24.3 Å². The van der Waals surface area contributed by atoms with Gasteiger partial charge < -0.3 is 14.8 Å². The van der Waals surface area contributed by atoms with Crippen LogP contribution in [-0.2, 0) is 22.5 Å². The van der Waals surface area contributed by atoms with E-state index >= 15 is 0 Å². The highest BCUT2D eigenvalue weighted by Crippen LogP contribution is 2.18. The molecular formula is C15H23NO2. The molecule has 0 aromatic heterocycles. The molecular weight excluding hydrogens is 226 g/mol. The Morgan fingerprint density at radius 1 is 1.17 bits per heavy atom. The van der Waals surface area contributed by atoms with E-state index in [2.05, 4.69) is 29.6 Å². The van der Waals surface area contributed by atoms with Crippen LogP contribution in [0.4, 0.5) is 0 Å². The Morgan fingerprint density at radius 3 is 2.67 bits per heavy atom. The van der Waals surface area contributed by atoms with Crippen LogP contribution >= 0.6 is 0 Å². The molecule has 0 heterocycles. The molecule has 2 rings (SSSR count). The zero-order chi connectivity index (χ0) is 12.6. The summed E-state index contributed by atoms with van der Waals surface area (Å²) >= 11 is 0. The molecule has 0 amide bonds. The summed E-state index contributed by atoms with van der Waals surface area (Å²) in [7, 11) is 1.70. The highest BCUT2D eigenvalue weighted by molar-refractivity contribution is 5.26. The molecule has 1 aliphatic rings. The van der Waals surface area contributed by atoms with Crippen LogP contribution in [-0.4, -0.2) is 32.9 Å². The Bertz CT molecular complexity index is 350. The van der Waals surface area contributed by atoms with E-state index in [1.54, 1.807) is 7.11 Å². The SMILES string of the molecule is COCCOCc1ccccc1CCNC1CC1. The summed E-state index contributed by atoms with van der Waals surface area (Å²) in [5.74, 6) is 0. The fourth-order valence-corrected chi connectivity index (χ4v) is 1.96. The quantitative estimate of drug-likeness (QED) is 0.680. The summed E-state index contributed by atoms with van der Waals surface area (Å²) in [5.41, 5.74) is 2.69. The van der Waals surface area contributed by atoms with Crippen molar-refractivity contribution in [2.75, 3.05) is 26.9 Å². The Hall–Kier alpha value is -0.900. The lowest BCUT2D eigenvalue weighted by molar-refractivity contribution is 0.0613. The molecule has 1 aliphatic carbocycles. The third kappa shape index (κ3) is 4.77. The van der Waals surface area contributed by atoms with E-state index in [-0.39, 0.29) is 0 Å².